The van der Waals surface area contributed by atoms with E-state index in [0.29, 0.717) is 0 Å². The quantitative estimate of drug-likeness (QED) is 0.635. The molecule has 2 aliphatic rings. The summed E-state index contributed by atoms with van der Waals surface area (Å²) in [7, 11) is 0. The number of hydrogen-bond donors (Lipinski definition) is 1. The molecule has 0 aromatic carbocycles. The number of nitrogens with one attached hydrogen (secondary N) is 1. The molecule has 1 saturated heterocycles. The summed E-state index contributed by atoms with van der Waals surface area (Å²) in [6.07, 6.45) is 5.56. The predicted octanol–water partition coefficient (Wildman–Crippen LogP) is 1.49. The fraction of sp³-hybridized carbons (Fsp3) is 1.00. The monoisotopic (exact) mass is 226 g/mol. The third-order valence-corrected chi connectivity index (χ3v) is 3.94. The average molecular weight is 226 g/mol. The van der Waals surface area contributed by atoms with Gasteiger partial charge in [-0.05, 0) is 45.1 Å². The van der Waals surface area contributed by atoms with Gasteiger partial charge in [0.1, 0.15) is 0 Å². The maximum Gasteiger partial charge on any atom is 0.0477 e. The molecule has 2 atom stereocenters. The van der Waals surface area contributed by atoms with Crippen molar-refractivity contribution in [1.29, 1.82) is 0 Å². The molecule has 3 nitrogen and oxygen atoms in total. The van der Waals surface area contributed by atoms with Crippen molar-refractivity contribution in [3.8, 4) is 0 Å². The number of likely N-dealkylation sites (tertiary alicyclic amines) is 1. The molecule has 2 bridgehead atoms. The molecule has 3 heteroatoms. The molecule has 0 amide bonds. The molecule has 94 valence electrons. The summed E-state index contributed by atoms with van der Waals surface area (Å²) in [6, 6.07) is 0.926. The van der Waals surface area contributed by atoms with Gasteiger partial charge in [0.15, 0.2) is 0 Å². The molecule has 1 aliphatic heterocycles. The van der Waals surface area contributed by atoms with Crippen LogP contribution in [-0.2, 0) is 4.74 Å². The Bertz CT molecular complexity index is 198. The van der Waals surface area contributed by atoms with Crippen LogP contribution < -0.4 is 5.32 Å². The fourth-order valence-electron chi connectivity index (χ4n) is 3.09. The summed E-state index contributed by atoms with van der Waals surface area (Å²) in [4.78, 5) is 2.68. The minimum atomic E-state index is 0.844. The van der Waals surface area contributed by atoms with Crippen LogP contribution in [0.15, 0.2) is 0 Å². The van der Waals surface area contributed by atoms with Crippen molar-refractivity contribution in [3.63, 3.8) is 0 Å². The van der Waals surface area contributed by atoms with E-state index in [4.69, 9.17) is 4.74 Å². The van der Waals surface area contributed by atoms with E-state index >= 15 is 0 Å². The Morgan fingerprint density at radius 2 is 2.25 bits per heavy atom. The van der Waals surface area contributed by atoms with Crippen LogP contribution >= 0.6 is 0 Å². The lowest BCUT2D eigenvalue weighted by molar-refractivity contribution is 0.144. The Labute approximate surface area is 99.5 Å². The van der Waals surface area contributed by atoms with E-state index in [1.165, 1.54) is 32.4 Å². The molecule has 0 aromatic rings. The van der Waals surface area contributed by atoms with Gasteiger partial charge in [0, 0.05) is 38.9 Å². The van der Waals surface area contributed by atoms with Crippen molar-refractivity contribution >= 4 is 0 Å². The van der Waals surface area contributed by atoms with E-state index in [1.54, 1.807) is 0 Å². The lowest BCUT2D eigenvalue weighted by atomic mass is 10.1. The summed E-state index contributed by atoms with van der Waals surface area (Å²) in [6.45, 7) is 8.66. The highest BCUT2D eigenvalue weighted by Crippen LogP contribution is 2.36. The molecule has 1 saturated carbocycles. The number of hydrogen-bond acceptors (Lipinski definition) is 3. The SMILES string of the molecule is CCOCCCNCCN1CC2CCC1C2. The zero-order valence-corrected chi connectivity index (χ0v) is 10.6. The van der Waals surface area contributed by atoms with Crippen molar-refractivity contribution in [2.24, 2.45) is 5.92 Å². The highest BCUT2D eigenvalue weighted by atomic mass is 16.5. The Kier molecular flexibility index (Phi) is 5.07. The lowest BCUT2D eigenvalue weighted by Gasteiger charge is -2.26. The van der Waals surface area contributed by atoms with E-state index in [-0.39, 0.29) is 0 Å². The summed E-state index contributed by atoms with van der Waals surface area (Å²) in [5, 5.41) is 3.51. The minimum Gasteiger partial charge on any atom is -0.382 e. The topological polar surface area (TPSA) is 24.5 Å². The molecule has 0 aromatic heterocycles. The standard InChI is InChI=1S/C13H26N2O/c1-2-16-9-3-6-14-7-8-15-11-12-4-5-13(15)10-12/h12-14H,2-11H2,1H3. The van der Waals surface area contributed by atoms with E-state index < -0.39 is 0 Å². The van der Waals surface area contributed by atoms with Gasteiger partial charge < -0.3 is 10.1 Å². The third kappa shape index (κ3) is 3.44. The van der Waals surface area contributed by atoms with E-state index in [1.807, 2.05) is 0 Å². The smallest absolute Gasteiger partial charge is 0.0477 e. The van der Waals surface area contributed by atoms with Crippen LogP contribution in [0, 0.1) is 5.92 Å². The van der Waals surface area contributed by atoms with Crippen LogP contribution in [0.5, 0.6) is 0 Å². The van der Waals surface area contributed by atoms with Crippen molar-refractivity contribution in [2.75, 3.05) is 39.4 Å². The molecule has 16 heavy (non-hydrogen) atoms. The Hall–Kier alpha value is -0.120. The van der Waals surface area contributed by atoms with Crippen LogP contribution in [0.3, 0.4) is 0 Å². The van der Waals surface area contributed by atoms with Gasteiger partial charge in [0.2, 0.25) is 0 Å². The zero-order valence-electron chi connectivity index (χ0n) is 10.6. The summed E-state index contributed by atoms with van der Waals surface area (Å²) in [5.74, 6) is 1.03. The van der Waals surface area contributed by atoms with Gasteiger partial charge in [0.25, 0.3) is 0 Å². The van der Waals surface area contributed by atoms with Crippen LogP contribution in [0.2, 0.25) is 0 Å². The van der Waals surface area contributed by atoms with Crippen LogP contribution in [0.1, 0.15) is 32.6 Å². The molecule has 0 radical (unpaired) electrons. The van der Waals surface area contributed by atoms with Crippen LogP contribution in [-0.4, -0.2) is 50.3 Å². The first-order valence-electron chi connectivity index (χ1n) is 6.92. The number of nitrogens with zero attached hydrogens (tertiary/aromatic N) is 1. The first-order chi connectivity index (χ1) is 7.90. The van der Waals surface area contributed by atoms with Crippen molar-refractivity contribution < 1.29 is 4.74 Å². The van der Waals surface area contributed by atoms with E-state index in [2.05, 4.69) is 17.1 Å². The second kappa shape index (κ2) is 6.58. The molecular weight excluding hydrogens is 200 g/mol. The Morgan fingerprint density at radius 3 is 2.94 bits per heavy atom. The maximum atomic E-state index is 5.30. The highest BCUT2D eigenvalue weighted by molar-refractivity contribution is 4.91. The molecule has 1 heterocycles. The van der Waals surface area contributed by atoms with Crippen molar-refractivity contribution in [2.45, 2.75) is 38.6 Å². The lowest BCUT2D eigenvalue weighted by Crippen LogP contribution is -2.37. The first-order valence-corrected chi connectivity index (χ1v) is 6.92. The average Bonchev–Trinajstić information content (AvgIpc) is 2.90. The van der Waals surface area contributed by atoms with Crippen molar-refractivity contribution in [1.82, 2.24) is 10.2 Å². The molecular formula is C13H26N2O. The summed E-state index contributed by atoms with van der Waals surface area (Å²) in [5.41, 5.74) is 0. The van der Waals surface area contributed by atoms with Crippen LogP contribution in [0.25, 0.3) is 0 Å². The number of fused-ring (bicyclic) bond motifs is 2. The second-order valence-electron chi connectivity index (χ2n) is 5.13. The van der Waals surface area contributed by atoms with Gasteiger partial charge >= 0.3 is 0 Å². The summed E-state index contributed by atoms with van der Waals surface area (Å²) < 4.78 is 5.30. The summed E-state index contributed by atoms with van der Waals surface area (Å²) >= 11 is 0. The van der Waals surface area contributed by atoms with Gasteiger partial charge in [-0.25, -0.2) is 0 Å². The van der Waals surface area contributed by atoms with Gasteiger partial charge in [-0.2, -0.15) is 0 Å². The molecule has 2 fully saturated rings. The molecule has 1 aliphatic carbocycles. The van der Waals surface area contributed by atoms with Gasteiger partial charge in [-0.3, -0.25) is 4.90 Å². The van der Waals surface area contributed by atoms with Gasteiger partial charge in [-0.15, -0.1) is 0 Å². The third-order valence-electron chi connectivity index (χ3n) is 3.94. The molecule has 2 rings (SSSR count). The fourth-order valence-corrected chi connectivity index (χ4v) is 3.09. The van der Waals surface area contributed by atoms with E-state index in [0.717, 1.165) is 44.7 Å². The van der Waals surface area contributed by atoms with Crippen molar-refractivity contribution in [3.05, 3.63) is 0 Å². The number of piperidine rings is 1. The first kappa shape index (κ1) is 12.3. The van der Waals surface area contributed by atoms with Gasteiger partial charge in [0.05, 0.1) is 0 Å². The Morgan fingerprint density at radius 1 is 1.31 bits per heavy atom. The molecule has 2 unspecified atom stereocenters. The molecule has 1 N–H and O–H groups in total. The van der Waals surface area contributed by atoms with E-state index in [9.17, 15) is 0 Å². The van der Waals surface area contributed by atoms with Gasteiger partial charge in [-0.1, -0.05) is 0 Å². The minimum absolute atomic E-state index is 0.844. The largest absolute Gasteiger partial charge is 0.382 e. The second-order valence-corrected chi connectivity index (χ2v) is 5.13. The predicted molar refractivity (Wildman–Crippen MR) is 66.7 cm³/mol. The zero-order chi connectivity index (χ0) is 11.2. The number of ether oxygens (including phenoxy) is 1. The normalized spacial score (nSPS) is 29.1. The highest BCUT2D eigenvalue weighted by Gasteiger charge is 2.36. The Balaban J connectivity index is 1.43. The molecule has 0 spiro atoms. The van der Waals surface area contributed by atoms with Crippen LogP contribution in [0.4, 0.5) is 0 Å². The maximum absolute atomic E-state index is 5.30. The number of rotatable bonds is 8.